The number of furan rings is 1. The number of anilines is 6. The lowest BCUT2D eigenvalue weighted by atomic mass is 9.35. The number of halogens is 3. The number of fused-ring (bicyclic) bond motifs is 8. The molecule has 0 bridgehead atoms. The zero-order valence-corrected chi connectivity index (χ0v) is 44.4. The summed E-state index contributed by atoms with van der Waals surface area (Å²) in [7, 11) is 0. The van der Waals surface area contributed by atoms with Crippen LogP contribution in [-0.2, 0) is 44.1 Å². The summed E-state index contributed by atoms with van der Waals surface area (Å²) in [6.45, 7) is 34.1. The summed E-state index contributed by atoms with van der Waals surface area (Å²) in [5.41, 5.74) is 14.9. The maximum atomic E-state index is 16.2. The van der Waals surface area contributed by atoms with Gasteiger partial charge in [-0.05, 0) is 158 Å². The predicted molar refractivity (Wildman–Crippen MR) is 288 cm³/mol. The fourth-order valence-corrected chi connectivity index (χ4v) is 13.3. The van der Waals surface area contributed by atoms with Crippen LogP contribution in [-0.4, -0.2) is 6.71 Å². The fraction of sp³-hybridized carbons (Fsp3) is 0.460. The van der Waals surface area contributed by atoms with Gasteiger partial charge in [0.1, 0.15) is 5.76 Å². The molecule has 364 valence electrons. The van der Waals surface area contributed by atoms with E-state index in [0.29, 0.717) is 11.4 Å². The van der Waals surface area contributed by atoms with E-state index in [1.807, 2.05) is 6.07 Å². The largest absolute Gasteiger partial charge is 0.472 e. The van der Waals surface area contributed by atoms with Crippen molar-refractivity contribution in [1.29, 1.82) is 0 Å². The average molecular weight is 941 g/mol. The van der Waals surface area contributed by atoms with Crippen LogP contribution in [0.15, 0.2) is 95.4 Å². The van der Waals surface area contributed by atoms with Gasteiger partial charge < -0.3 is 14.2 Å². The first-order valence-corrected chi connectivity index (χ1v) is 26.0. The van der Waals surface area contributed by atoms with Crippen LogP contribution < -0.4 is 26.4 Å². The van der Waals surface area contributed by atoms with Crippen molar-refractivity contribution in [3.8, 4) is 11.1 Å². The second-order valence-electron chi connectivity index (χ2n) is 26.9. The zero-order chi connectivity index (χ0) is 50.3. The monoisotopic (exact) mass is 941 g/mol. The van der Waals surface area contributed by atoms with Crippen molar-refractivity contribution in [1.82, 2.24) is 0 Å². The molecule has 3 aliphatic carbocycles. The Morgan fingerprint density at radius 3 is 1.64 bits per heavy atom. The van der Waals surface area contributed by atoms with Crippen molar-refractivity contribution >= 4 is 57.4 Å². The first-order valence-electron chi connectivity index (χ1n) is 26.0. The number of rotatable bonds is 3. The van der Waals surface area contributed by atoms with Crippen LogP contribution in [0.3, 0.4) is 0 Å². The van der Waals surface area contributed by atoms with E-state index < -0.39 is 18.5 Å². The number of benzene rings is 5. The molecule has 1 aromatic heterocycles. The fourth-order valence-electron chi connectivity index (χ4n) is 13.3. The smallest absolute Gasteiger partial charge is 0.416 e. The number of nitrogens with zero attached hydrogens (tertiary/aromatic N) is 2. The summed E-state index contributed by atoms with van der Waals surface area (Å²) in [6.07, 6.45) is 1.35. The molecule has 0 saturated carbocycles. The Morgan fingerprint density at radius 2 is 1.04 bits per heavy atom. The summed E-state index contributed by atoms with van der Waals surface area (Å²) in [4.78, 5) is 4.43. The summed E-state index contributed by atoms with van der Waals surface area (Å²) < 4.78 is 56.2. The van der Waals surface area contributed by atoms with Gasteiger partial charge in [-0.2, -0.15) is 13.2 Å². The molecule has 0 N–H and O–H groups in total. The van der Waals surface area contributed by atoms with Crippen LogP contribution in [0.25, 0.3) is 11.1 Å². The molecule has 0 spiro atoms. The molecule has 0 atom stereocenters. The highest BCUT2D eigenvalue weighted by Crippen LogP contribution is 2.58. The molecule has 6 aromatic rings. The van der Waals surface area contributed by atoms with Crippen molar-refractivity contribution in [3.05, 3.63) is 136 Å². The van der Waals surface area contributed by atoms with Gasteiger partial charge in [0.2, 0.25) is 0 Å². The van der Waals surface area contributed by atoms with E-state index in [0.717, 1.165) is 106 Å². The first kappa shape index (κ1) is 47.2. The highest BCUT2D eigenvalue weighted by atomic mass is 19.4. The highest BCUT2D eigenvalue weighted by molar-refractivity contribution is 6.99. The summed E-state index contributed by atoms with van der Waals surface area (Å²) in [5, 5.41) is 0. The number of alkyl halides is 3. The number of hydrogen-bond donors (Lipinski definition) is 0. The molecule has 0 amide bonds. The van der Waals surface area contributed by atoms with Gasteiger partial charge in [0.05, 0.1) is 22.6 Å². The third-order valence-corrected chi connectivity index (χ3v) is 18.1. The van der Waals surface area contributed by atoms with Crippen LogP contribution in [0, 0.1) is 0 Å². The van der Waals surface area contributed by atoms with E-state index in [2.05, 4.69) is 186 Å². The van der Waals surface area contributed by atoms with Gasteiger partial charge in [-0.1, -0.05) is 152 Å². The predicted octanol–water partition coefficient (Wildman–Crippen LogP) is 16.4. The van der Waals surface area contributed by atoms with Crippen molar-refractivity contribution < 1.29 is 17.6 Å². The standard InChI is InChI=1S/C63H72BF3N2O/c1-56(2,3)38-21-24-47(41(31-38)37-19-17-16-18-20-37)69-50-33-39(63(65,66)67)32-49-52(50)64(55-53(69)51-54(70-55)62(14,15)30-29-61(51,12)13)46-35-44-45(60(10,11)28-27-59(44,8)9)36-48(46)68(49)40-22-23-42-43(34-40)58(6,7)26-25-57(42,4)5/h16-24,31-36H,25-30H2,1-15H3. The lowest BCUT2D eigenvalue weighted by Gasteiger charge is -2.47. The van der Waals surface area contributed by atoms with Crippen molar-refractivity contribution in [2.24, 2.45) is 0 Å². The van der Waals surface area contributed by atoms with Gasteiger partial charge in [0.25, 0.3) is 6.71 Å². The molecule has 5 aromatic carbocycles. The van der Waals surface area contributed by atoms with Crippen LogP contribution in [0.5, 0.6) is 0 Å². The molecular formula is C63H72BF3N2O. The lowest BCUT2D eigenvalue weighted by molar-refractivity contribution is -0.137. The van der Waals surface area contributed by atoms with Crippen LogP contribution in [0.4, 0.5) is 47.3 Å². The Balaban J connectivity index is 1.33. The maximum Gasteiger partial charge on any atom is 0.416 e. The molecule has 0 saturated heterocycles. The minimum Gasteiger partial charge on any atom is -0.472 e. The molecule has 0 fully saturated rings. The Bertz CT molecular complexity index is 3160. The summed E-state index contributed by atoms with van der Waals surface area (Å²) in [6, 6.07) is 31.6. The molecule has 11 rings (SSSR count). The first-order chi connectivity index (χ1) is 32.4. The Hall–Kier alpha value is -5.17. The number of hydrogen-bond acceptors (Lipinski definition) is 3. The maximum absolute atomic E-state index is 16.2. The van der Waals surface area contributed by atoms with Crippen molar-refractivity contribution in [2.45, 2.75) is 186 Å². The molecule has 2 aliphatic heterocycles. The van der Waals surface area contributed by atoms with Gasteiger partial charge in [-0.25, -0.2) is 0 Å². The second-order valence-corrected chi connectivity index (χ2v) is 26.9. The summed E-state index contributed by atoms with van der Waals surface area (Å²) in [5.74, 6) is 0.944. The van der Waals surface area contributed by atoms with E-state index >= 15 is 13.2 Å². The minimum atomic E-state index is -4.64. The average Bonchev–Trinajstić information content (AvgIpc) is 3.71. The zero-order valence-electron chi connectivity index (χ0n) is 44.4. The van der Waals surface area contributed by atoms with Crippen molar-refractivity contribution in [3.63, 3.8) is 0 Å². The van der Waals surface area contributed by atoms with Crippen molar-refractivity contribution in [2.75, 3.05) is 9.80 Å². The molecule has 3 nitrogen and oxygen atoms in total. The van der Waals surface area contributed by atoms with Crippen LogP contribution in [0.1, 0.15) is 187 Å². The van der Waals surface area contributed by atoms with Gasteiger partial charge in [0.15, 0.2) is 0 Å². The normalized spacial score (nSPS) is 20.7. The van der Waals surface area contributed by atoms with Crippen LogP contribution in [0.2, 0.25) is 0 Å². The van der Waals surface area contributed by atoms with Gasteiger partial charge >= 0.3 is 6.18 Å². The van der Waals surface area contributed by atoms with E-state index in [1.165, 1.54) is 34.4 Å². The second kappa shape index (κ2) is 14.7. The molecule has 7 heteroatoms. The van der Waals surface area contributed by atoms with E-state index in [-0.39, 0.29) is 37.9 Å². The van der Waals surface area contributed by atoms with E-state index in [9.17, 15) is 0 Å². The van der Waals surface area contributed by atoms with Gasteiger partial charge in [-0.15, -0.1) is 0 Å². The Kier molecular flexibility index (Phi) is 9.92. The summed E-state index contributed by atoms with van der Waals surface area (Å²) >= 11 is 0. The quantitative estimate of drug-likeness (QED) is 0.165. The molecule has 70 heavy (non-hydrogen) atoms. The van der Waals surface area contributed by atoms with E-state index in [1.54, 1.807) is 0 Å². The third-order valence-electron chi connectivity index (χ3n) is 18.1. The lowest BCUT2D eigenvalue weighted by Crippen LogP contribution is -2.61. The van der Waals surface area contributed by atoms with Crippen LogP contribution >= 0.6 is 0 Å². The topological polar surface area (TPSA) is 19.6 Å². The Morgan fingerprint density at radius 1 is 0.500 bits per heavy atom. The molecule has 5 aliphatic rings. The Labute approximate surface area is 416 Å². The molecule has 3 heterocycles. The minimum absolute atomic E-state index is 0.0335. The molecule has 0 unspecified atom stereocenters. The van der Waals surface area contributed by atoms with Gasteiger partial charge in [0, 0.05) is 39.3 Å². The van der Waals surface area contributed by atoms with Gasteiger partial charge in [-0.3, -0.25) is 0 Å². The third kappa shape index (κ3) is 6.96. The molecular weight excluding hydrogens is 869 g/mol. The SMILES string of the molecule is CC(C)(C)c1ccc(N2c3cc(C(F)(F)F)cc4c3B(c3cc5c(cc3N4c3ccc4c(c3)C(C)(C)CCC4(C)C)C(C)(C)CCC5(C)C)c3oc4c(c32)C(C)(C)CCC4(C)C)c(-c2ccccc2)c1. The van der Waals surface area contributed by atoms with E-state index in [4.69, 9.17) is 4.42 Å². The highest BCUT2D eigenvalue weighted by Gasteiger charge is 2.54. The molecule has 0 radical (unpaired) electrons.